The number of carbonyl (C=O) groups excluding carboxylic acids is 2. The first-order chi connectivity index (χ1) is 13.1. The molecule has 2 N–H and O–H groups in total. The maximum absolute atomic E-state index is 12.3. The van der Waals surface area contributed by atoms with Gasteiger partial charge in [0.1, 0.15) is 6.04 Å². The van der Waals surface area contributed by atoms with Gasteiger partial charge in [-0.3, -0.25) is 9.59 Å². The molecule has 6 nitrogen and oxygen atoms in total. The van der Waals surface area contributed by atoms with Gasteiger partial charge in [-0.2, -0.15) is 0 Å². The zero-order valence-corrected chi connectivity index (χ0v) is 15.5. The van der Waals surface area contributed by atoms with Crippen molar-refractivity contribution >= 4 is 29.3 Å². The molecule has 138 valence electrons. The standard InChI is InChI=1S/C20H19N3O3S/c1-14(22-20(25)17-8-5-11-26-17)19(24)23-16-7-4-6-15(12-16)13-27-18-9-2-3-10-21-18/h2-12,14H,13H2,1H3,(H,22,25)(H,23,24). The molecule has 3 rings (SSSR count). The molecule has 0 aliphatic heterocycles. The maximum atomic E-state index is 12.3. The average Bonchev–Trinajstić information content (AvgIpc) is 3.22. The molecule has 2 aromatic heterocycles. The number of carbonyl (C=O) groups is 2. The number of hydrogen-bond donors (Lipinski definition) is 2. The Bertz CT molecular complexity index is 898. The zero-order chi connectivity index (χ0) is 19.1. The molecule has 2 amide bonds. The van der Waals surface area contributed by atoms with E-state index in [1.54, 1.807) is 37.0 Å². The average molecular weight is 381 g/mol. The van der Waals surface area contributed by atoms with Crippen molar-refractivity contribution in [3.8, 4) is 0 Å². The molecule has 0 saturated carbocycles. The highest BCUT2D eigenvalue weighted by atomic mass is 32.2. The van der Waals surface area contributed by atoms with Gasteiger partial charge in [-0.05, 0) is 48.9 Å². The second-order valence-corrected chi connectivity index (χ2v) is 6.81. The Hall–Kier alpha value is -3.06. The Balaban J connectivity index is 1.55. The lowest BCUT2D eigenvalue weighted by atomic mass is 10.2. The van der Waals surface area contributed by atoms with Crippen LogP contribution in [0, 0.1) is 0 Å². The van der Waals surface area contributed by atoms with Gasteiger partial charge < -0.3 is 15.1 Å². The lowest BCUT2D eigenvalue weighted by Gasteiger charge is -2.14. The van der Waals surface area contributed by atoms with Crippen molar-refractivity contribution in [2.75, 3.05) is 5.32 Å². The normalized spacial score (nSPS) is 11.6. The van der Waals surface area contributed by atoms with E-state index in [2.05, 4.69) is 15.6 Å². The Morgan fingerprint density at radius 3 is 2.78 bits per heavy atom. The molecular weight excluding hydrogens is 362 g/mol. The van der Waals surface area contributed by atoms with Gasteiger partial charge in [0, 0.05) is 17.6 Å². The topological polar surface area (TPSA) is 84.2 Å². The fraction of sp³-hybridized carbons (Fsp3) is 0.150. The first-order valence-corrected chi connectivity index (χ1v) is 9.38. The van der Waals surface area contributed by atoms with Crippen LogP contribution in [-0.2, 0) is 10.5 Å². The van der Waals surface area contributed by atoms with Gasteiger partial charge in [0.05, 0.1) is 11.3 Å². The van der Waals surface area contributed by atoms with Crippen molar-refractivity contribution in [2.45, 2.75) is 23.7 Å². The monoisotopic (exact) mass is 381 g/mol. The van der Waals surface area contributed by atoms with E-state index in [1.807, 2.05) is 42.5 Å². The minimum absolute atomic E-state index is 0.170. The first kappa shape index (κ1) is 18.7. The molecule has 0 aliphatic rings. The fourth-order valence-corrected chi connectivity index (χ4v) is 3.12. The molecule has 3 aromatic rings. The molecule has 0 aliphatic carbocycles. The Morgan fingerprint density at radius 2 is 2.04 bits per heavy atom. The number of nitrogens with one attached hydrogen (secondary N) is 2. The van der Waals surface area contributed by atoms with Gasteiger partial charge in [0.25, 0.3) is 5.91 Å². The molecule has 27 heavy (non-hydrogen) atoms. The lowest BCUT2D eigenvalue weighted by molar-refractivity contribution is -0.117. The van der Waals surface area contributed by atoms with Crippen molar-refractivity contribution < 1.29 is 14.0 Å². The van der Waals surface area contributed by atoms with Crippen molar-refractivity contribution in [3.05, 3.63) is 78.4 Å². The molecule has 2 heterocycles. The quantitative estimate of drug-likeness (QED) is 0.609. The van der Waals surface area contributed by atoms with Crippen LogP contribution in [0.2, 0.25) is 0 Å². The summed E-state index contributed by atoms with van der Waals surface area (Å²) in [5.74, 6) is 0.182. The number of furan rings is 1. The first-order valence-electron chi connectivity index (χ1n) is 8.40. The summed E-state index contributed by atoms with van der Waals surface area (Å²) in [5.41, 5.74) is 1.74. The molecular formula is C20H19N3O3S. The summed E-state index contributed by atoms with van der Waals surface area (Å²) in [6.45, 7) is 1.62. The van der Waals surface area contributed by atoms with E-state index in [4.69, 9.17) is 4.42 Å². The van der Waals surface area contributed by atoms with Gasteiger partial charge in [-0.1, -0.05) is 18.2 Å². The van der Waals surface area contributed by atoms with E-state index >= 15 is 0 Å². The number of amides is 2. The van der Waals surface area contributed by atoms with Crippen LogP contribution in [0.1, 0.15) is 23.0 Å². The van der Waals surface area contributed by atoms with Crippen LogP contribution in [0.5, 0.6) is 0 Å². The third kappa shape index (κ3) is 5.46. The second kappa shape index (κ2) is 9.05. The molecule has 0 radical (unpaired) electrons. The molecule has 1 unspecified atom stereocenters. The van der Waals surface area contributed by atoms with Crippen LogP contribution in [-0.4, -0.2) is 22.8 Å². The molecule has 0 spiro atoms. The molecule has 0 bridgehead atoms. The third-order valence-corrected chi connectivity index (χ3v) is 4.72. The predicted molar refractivity (Wildman–Crippen MR) is 105 cm³/mol. The largest absolute Gasteiger partial charge is 0.459 e. The molecule has 1 aromatic carbocycles. The Morgan fingerprint density at radius 1 is 1.15 bits per heavy atom. The summed E-state index contributed by atoms with van der Waals surface area (Å²) in [7, 11) is 0. The van der Waals surface area contributed by atoms with Crippen molar-refractivity contribution in [1.82, 2.24) is 10.3 Å². The summed E-state index contributed by atoms with van der Waals surface area (Å²) in [5, 5.41) is 6.37. The van der Waals surface area contributed by atoms with Crippen LogP contribution in [0.3, 0.4) is 0 Å². The minimum Gasteiger partial charge on any atom is -0.459 e. The zero-order valence-electron chi connectivity index (χ0n) is 14.7. The van der Waals surface area contributed by atoms with E-state index < -0.39 is 11.9 Å². The smallest absolute Gasteiger partial charge is 0.287 e. The van der Waals surface area contributed by atoms with Crippen LogP contribution >= 0.6 is 11.8 Å². The molecule has 7 heteroatoms. The summed E-state index contributed by atoms with van der Waals surface area (Å²) in [6, 6.07) is 15.9. The van der Waals surface area contributed by atoms with Crippen LogP contribution in [0.15, 0.2) is 76.5 Å². The SMILES string of the molecule is CC(NC(=O)c1ccco1)C(=O)Nc1cccc(CSc2ccccn2)c1. The predicted octanol–water partition coefficient (Wildman–Crippen LogP) is 3.72. The van der Waals surface area contributed by atoms with Gasteiger partial charge in [-0.15, -0.1) is 11.8 Å². The highest BCUT2D eigenvalue weighted by molar-refractivity contribution is 7.98. The highest BCUT2D eigenvalue weighted by Crippen LogP contribution is 2.22. The highest BCUT2D eigenvalue weighted by Gasteiger charge is 2.18. The Kier molecular flexibility index (Phi) is 6.27. The summed E-state index contributed by atoms with van der Waals surface area (Å²) in [4.78, 5) is 28.6. The molecule has 0 fully saturated rings. The van der Waals surface area contributed by atoms with Crippen molar-refractivity contribution in [1.29, 1.82) is 0 Å². The van der Waals surface area contributed by atoms with E-state index in [1.165, 1.54) is 6.26 Å². The fourth-order valence-electron chi connectivity index (χ4n) is 2.32. The van der Waals surface area contributed by atoms with Gasteiger partial charge in [-0.25, -0.2) is 4.98 Å². The van der Waals surface area contributed by atoms with Crippen LogP contribution in [0.25, 0.3) is 0 Å². The van der Waals surface area contributed by atoms with Crippen LogP contribution < -0.4 is 10.6 Å². The number of benzene rings is 1. The van der Waals surface area contributed by atoms with Gasteiger partial charge in [0.15, 0.2) is 5.76 Å². The minimum atomic E-state index is -0.700. The number of nitrogens with zero attached hydrogens (tertiary/aromatic N) is 1. The number of rotatable bonds is 7. The maximum Gasteiger partial charge on any atom is 0.287 e. The third-order valence-electron chi connectivity index (χ3n) is 3.70. The van der Waals surface area contributed by atoms with Crippen molar-refractivity contribution in [3.63, 3.8) is 0 Å². The van der Waals surface area contributed by atoms with E-state index in [9.17, 15) is 9.59 Å². The van der Waals surface area contributed by atoms with Gasteiger partial charge in [0.2, 0.25) is 5.91 Å². The van der Waals surface area contributed by atoms with Crippen LogP contribution in [0.4, 0.5) is 5.69 Å². The molecule has 1 atom stereocenters. The van der Waals surface area contributed by atoms with Gasteiger partial charge >= 0.3 is 0 Å². The summed E-state index contributed by atoms with van der Waals surface area (Å²) >= 11 is 1.62. The van der Waals surface area contributed by atoms with E-state index in [0.29, 0.717) is 5.69 Å². The van der Waals surface area contributed by atoms with E-state index in [-0.39, 0.29) is 11.7 Å². The number of pyridine rings is 1. The van der Waals surface area contributed by atoms with Crippen molar-refractivity contribution in [2.24, 2.45) is 0 Å². The lowest BCUT2D eigenvalue weighted by Crippen LogP contribution is -2.41. The second-order valence-electron chi connectivity index (χ2n) is 5.82. The van der Waals surface area contributed by atoms with E-state index in [0.717, 1.165) is 16.3 Å². The number of thioether (sulfide) groups is 1. The summed E-state index contributed by atoms with van der Waals surface area (Å²) in [6.07, 6.45) is 3.17. The Labute approximate surface area is 161 Å². The number of aromatic nitrogens is 1. The molecule has 0 saturated heterocycles. The number of hydrogen-bond acceptors (Lipinski definition) is 5. The summed E-state index contributed by atoms with van der Waals surface area (Å²) < 4.78 is 5.02. The number of anilines is 1.